The summed E-state index contributed by atoms with van der Waals surface area (Å²) >= 11 is 0. The fourth-order valence-electron chi connectivity index (χ4n) is 1.22. The molecule has 7 heteroatoms. The fraction of sp³-hybridized carbons (Fsp3) is 0.286. The zero-order valence-corrected chi connectivity index (χ0v) is 8.25. The second-order valence-corrected chi connectivity index (χ2v) is 4.06. The molecule has 0 aliphatic heterocycles. The molecule has 0 aromatic carbocycles. The van der Waals surface area contributed by atoms with Gasteiger partial charge in [0.05, 0.1) is 0 Å². The van der Waals surface area contributed by atoms with Crippen LogP contribution in [0.1, 0.15) is 21.9 Å². The first kappa shape index (κ1) is 10.7. The van der Waals surface area contributed by atoms with E-state index < -0.39 is 26.5 Å². The van der Waals surface area contributed by atoms with E-state index >= 15 is 0 Å². The third-order valence-corrected chi connectivity index (χ3v) is 2.68. The molecule has 0 bridgehead atoms. The van der Waals surface area contributed by atoms with Crippen LogP contribution in [0.15, 0.2) is 9.31 Å². The highest BCUT2D eigenvalue weighted by Gasteiger charge is 2.29. The van der Waals surface area contributed by atoms with Crippen molar-refractivity contribution in [2.45, 2.75) is 18.7 Å². The molecule has 0 fully saturated rings. The number of aryl methyl sites for hydroxylation is 2. The van der Waals surface area contributed by atoms with Crippen LogP contribution in [0, 0.1) is 13.8 Å². The number of carboxylic acid groups (broad SMARTS) is 1. The minimum Gasteiger partial charge on any atom is -0.478 e. The number of furan rings is 1. The lowest BCUT2D eigenvalue weighted by Crippen LogP contribution is -2.07. The normalized spacial score (nSPS) is 11.6. The van der Waals surface area contributed by atoms with Crippen LogP contribution in [-0.2, 0) is 10.1 Å². The maximum atomic E-state index is 10.8. The van der Waals surface area contributed by atoms with Crippen molar-refractivity contribution >= 4 is 16.1 Å². The van der Waals surface area contributed by atoms with Crippen molar-refractivity contribution in [1.29, 1.82) is 0 Å². The van der Waals surface area contributed by atoms with Gasteiger partial charge in [-0.15, -0.1) is 0 Å². The van der Waals surface area contributed by atoms with Crippen LogP contribution in [0.4, 0.5) is 0 Å². The van der Waals surface area contributed by atoms with Gasteiger partial charge in [0.25, 0.3) is 10.1 Å². The lowest BCUT2D eigenvalue weighted by molar-refractivity contribution is 0.0691. The minimum absolute atomic E-state index is 0.0531. The predicted octanol–water partition coefficient (Wildman–Crippen LogP) is 0.841. The first-order chi connectivity index (χ1) is 6.25. The van der Waals surface area contributed by atoms with Crippen LogP contribution >= 0.6 is 0 Å². The topological polar surface area (TPSA) is 105 Å². The molecule has 2 N–H and O–H groups in total. The summed E-state index contributed by atoms with van der Waals surface area (Å²) < 4.78 is 35.2. The number of rotatable bonds is 2. The van der Waals surface area contributed by atoms with Crippen molar-refractivity contribution in [3.8, 4) is 0 Å². The Morgan fingerprint density at radius 2 is 1.79 bits per heavy atom. The number of carboxylic acids is 1. The molecule has 0 unspecified atom stereocenters. The summed E-state index contributed by atoms with van der Waals surface area (Å²) in [6, 6.07) is 0. The van der Waals surface area contributed by atoms with Crippen LogP contribution in [0.2, 0.25) is 0 Å². The van der Waals surface area contributed by atoms with Crippen molar-refractivity contribution in [3.05, 3.63) is 17.1 Å². The van der Waals surface area contributed by atoms with Gasteiger partial charge < -0.3 is 9.52 Å². The highest BCUT2D eigenvalue weighted by molar-refractivity contribution is 7.86. The van der Waals surface area contributed by atoms with Crippen LogP contribution in [0.3, 0.4) is 0 Å². The van der Waals surface area contributed by atoms with Gasteiger partial charge in [-0.05, 0) is 13.8 Å². The van der Waals surface area contributed by atoms with Gasteiger partial charge in [0.2, 0.25) is 0 Å². The summed E-state index contributed by atoms with van der Waals surface area (Å²) in [7, 11) is -4.56. The molecule has 0 atom stereocenters. The Kier molecular flexibility index (Phi) is 2.38. The van der Waals surface area contributed by atoms with Gasteiger partial charge in [-0.2, -0.15) is 8.42 Å². The predicted molar refractivity (Wildman–Crippen MR) is 45.0 cm³/mol. The highest BCUT2D eigenvalue weighted by atomic mass is 32.2. The van der Waals surface area contributed by atoms with E-state index in [1.54, 1.807) is 0 Å². The highest BCUT2D eigenvalue weighted by Crippen LogP contribution is 2.25. The SMILES string of the molecule is Cc1oc(C)c(S(=O)(=O)O)c1C(=O)O. The second-order valence-electron chi connectivity index (χ2n) is 2.70. The molecule has 0 radical (unpaired) electrons. The second kappa shape index (κ2) is 3.10. The molecule has 1 rings (SSSR count). The largest absolute Gasteiger partial charge is 0.478 e. The Bertz CT molecular complexity index is 481. The molecular formula is C7H8O6S. The average molecular weight is 220 g/mol. The number of carbonyl (C=O) groups is 1. The molecule has 78 valence electrons. The van der Waals surface area contributed by atoms with Gasteiger partial charge in [-0.25, -0.2) is 4.79 Å². The Balaban J connectivity index is 3.65. The molecule has 0 aliphatic carbocycles. The van der Waals surface area contributed by atoms with E-state index in [0.29, 0.717) is 0 Å². The van der Waals surface area contributed by atoms with Gasteiger partial charge in [0.15, 0.2) is 0 Å². The molecule has 14 heavy (non-hydrogen) atoms. The Labute approximate surface area is 79.9 Å². The van der Waals surface area contributed by atoms with Gasteiger partial charge in [-0.1, -0.05) is 0 Å². The van der Waals surface area contributed by atoms with E-state index in [1.807, 2.05) is 0 Å². The lowest BCUT2D eigenvalue weighted by atomic mass is 10.2. The van der Waals surface area contributed by atoms with Gasteiger partial charge in [0.1, 0.15) is 22.0 Å². The quantitative estimate of drug-likeness (QED) is 0.715. The molecular weight excluding hydrogens is 212 g/mol. The zero-order chi connectivity index (χ0) is 11.1. The van der Waals surface area contributed by atoms with Crippen molar-refractivity contribution in [3.63, 3.8) is 0 Å². The maximum Gasteiger partial charge on any atom is 0.340 e. The summed E-state index contributed by atoms with van der Waals surface area (Å²) in [5.41, 5.74) is -0.523. The van der Waals surface area contributed by atoms with Gasteiger partial charge in [0, 0.05) is 0 Å². The summed E-state index contributed by atoms with van der Waals surface area (Å²) in [5.74, 6) is -1.64. The molecule has 0 amide bonds. The standard InChI is InChI=1S/C7H8O6S/c1-3-5(7(8)9)6(4(2)13-3)14(10,11)12/h1-2H3,(H,8,9)(H,10,11,12). The third kappa shape index (κ3) is 1.64. The number of aromatic carboxylic acids is 1. The maximum absolute atomic E-state index is 10.8. The van der Waals surface area contributed by atoms with E-state index in [9.17, 15) is 13.2 Å². The number of hydrogen-bond donors (Lipinski definition) is 2. The molecule has 1 heterocycles. The number of hydrogen-bond acceptors (Lipinski definition) is 4. The van der Waals surface area contributed by atoms with E-state index in [4.69, 9.17) is 14.1 Å². The average Bonchev–Trinajstić information content (AvgIpc) is 2.23. The van der Waals surface area contributed by atoms with Crippen LogP contribution in [0.5, 0.6) is 0 Å². The molecule has 0 aliphatic rings. The summed E-state index contributed by atoms with van der Waals surface area (Å²) in [4.78, 5) is 9.99. The molecule has 1 aromatic heterocycles. The van der Waals surface area contributed by atoms with Gasteiger partial charge in [-0.3, -0.25) is 4.55 Å². The van der Waals surface area contributed by atoms with Crippen molar-refractivity contribution < 1.29 is 27.3 Å². The molecule has 0 saturated carbocycles. The Morgan fingerprint density at radius 1 is 1.29 bits per heavy atom. The Hall–Kier alpha value is -1.34. The fourth-order valence-corrected chi connectivity index (χ4v) is 2.12. The van der Waals surface area contributed by atoms with E-state index in [-0.39, 0.29) is 11.5 Å². The summed E-state index contributed by atoms with van der Waals surface area (Å²) in [6.45, 7) is 2.58. The van der Waals surface area contributed by atoms with Gasteiger partial charge >= 0.3 is 5.97 Å². The molecule has 0 spiro atoms. The summed E-state index contributed by atoms with van der Waals surface area (Å²) in [6.07, 6.45) is 0. The van der Waals surface area contributed by atoms with Crippen molar-refractivity contribution in [2.24, 2.45) is 0 Å². The monoisotopic (exact) mass is 220 g/mol. The lowest BCUT2D eigenvalue weighted by Gasteiger charge is -1.95. The third-order valence-electron chi connectivity index (χ3n) is 1.68. The first-order valence-electron chi connectivity index (χ1n) is 3.56. The van der Waals surface area contributed by atoms with Crippen molar-refractivity contribution in [1.82, 2.24) is 0 Å². The van der Waals surface area contributed by atoms with E-state index in [2.05, 4.69) is 0 Å². The minimum atomic E-state index is -4.56. The molecule has 0 saturated heterocycles. The summed E-state index contributed by atoms with van der Waals surface area (Å²) in [5, 5.41) is 8.69. The first-order valence-corrected chi connectivity index (χ1v) is 5.00. The smallest absolute Gasteiger partial charge is 0.340 e. The Morgan fingerprint density at radius 3 is 2.07 bits per heavy atom. The molecule has 1 aromatic rings. The van der Waals surface area contributed by atoms with Crippen molar-refractivity contribution in [2.75, 3.05) is 0 Å². The van der Waals surface area contributed by atoms with Crippen LogP contribution < -0.4 is 0 Å². The van der Waals surface area contributed by atoms with E-state index in [0.717, 1.165) is 0 Å². The van der Waals surface area contributed by atoms with Crippen LogP contribution in [0.25, 0.3) is 0 Å². The van der Waals surface area contributed by atoms with E-state index in [1.165, 1.54) is 13.8 Å². The molecule has 6 nitrogen and oxygen atoms in total. The van der Waals surface area contributed by atoms with Crippen LogP contribution in [-0.4, -0.2) is 24.0 Å². The zero-order valence-electron chi connectivity index (χ0n) is 7.44.